The van der Waals surface area contributed by atoms with E-state index in [0.717, 1.165) is 12.1 Å². The predicted molar refractivity (Wildman–Crippen MR) is 118 cm³/mol. The lowest BCUT2D eigenvalue weighted by Gasteiger charge is -2.10. The van der Waals surface area contributed by atoms with E-state index in [4.69, 9.17) is 5.11 Å². The Kier molecular flexibility index (Phi) is 8.73. The summed E-state index contributed by atoms with van der Waals surface area (Å²) in [5.74, 6) is -2.37. The van der Waals surface area contributed by atoms with E-state index in [1.165, 1.54) is 0 Å². The molecule has 0 saturated carbocycles. The number of hydrogen-bond donors (Lipinski definition) is 2. The smallest absolute Gasteiger partial charge is 0.423 e. The van der Waals surface area contributed by atoms with Gasteiger partial charge in [-0.2, -0.15) is 26.3 Å². The first kappa shape index (κ1) is 29.2. The zero-order valence-electron chi connectivity index (χ0n) is 18.4. The number of hydrogen-bond acceptors (Lipinski definition) is 6. The fraction of sp³-hybridized carbons (Fsp3) is 0.0909. The Labute approximate surface area is 207 Å². The highest BCUT2D eigenvalue weighted by molar-refractivity contribution is 6.04. The summed E-state index contributed by atoms with van der Waals surface area (Å²) in [5, 5.41) is 31.8. The first-order valence-electron chi connectivity index (χ1n) is 9.83. The van der Waals surface area contributed by atoms with E-state index >= 15 is 0 Å². The Morgan fingerprint density at radius 1 is 0.711 bits per heavy atom. The van der Waals surface area contributed by atoms with Crippen LogP contribution in [0.3, 0.4) is 0 Å². The van der Waals surface area contributed by atoms with Crippen LogP contribution >= 0.6 is 0 Å². The maximum absolute atomic E-state index is 12.8. The first-order valence-corrected chi connectivity index (χ1v) is 9.83. The second kappa shape index (κ2) is 11.4. The van der Waals surface area contributed by atoms with E-state index in [1.807, 2.05) is 0 Å². The van der Waals surface area contributed by atoms with Crippen LogP contribution in [0.1, 0.15) is 31.8 Å². The van der Waals surface area contributed by atoms with Crippen LogP contribution in [0.2, 0.25) is 0 Å². The number of carboxylic acids is 1. The molecule has 0 fully saturated rings. The summed E-state index contributed by atoms with van der Waals surface area (Å²) in [6.07, 6.45) is -9.89. The molecule has 0 atom stereocenters. The van der Waals surface area contributed by atoms with Crippen molar-refractivity contribution in [3.05, 3.63) is 109 Å². The quantitative estimate of drug-likeness (QED) is 0.221. The van der Waals surface area contributed by atoms with E-state index in [0.29, 0.717) is 23.9 Å². The zero-order chi connectivity index (χ0) is 28.8. The molecule has 0 spiro atoms. The number of nitrogens with one attached hydrogen (secondary N) is 1. The number of benzene rings is 3. The molecule has 16 heteroatoms. The van der Waals surface area contributed by atoms with Crippen molar-refractivity contribution < 1.29 is 50.9 Å². The summed E-state index contributed by atoms with van der Waals surface area (Å²) in [7, 11) is 0. The number of para-hydroxylation sites is 1. The maximum Gasteiger partial charge on any atom is 0.423 e. The summed E-state index contributed by atoms with van der Waals surface area (Å²) in [6.45, 7) is 0. The number of carbonyl (C=O) groups excluding carboxylic acids is 1. The van der Waals surface area contributed by atoms with E-state index < -0.39 is 62.1 Å². The number of nitro groups is 2. The molecule has 38 heavy (non-hydrogen) atoms. The molecule has 0 aliphatic carbocycles. The molecule has 0 unspecified atom stereocenters. The van der Waals surface area contributed by atoms with Gasteiger partial charge in [0.15, 0.2) is 0 Å². The van der Waals surface area contributed by atoms with Gasteiger partial charge in [-0.15, -0.1) is 0 Å². The standard InChI is InChI=1S/C14H9F3N2O3.C8H4F3NO4/c15-14(16,17)11-8-9(6-7-12(11)19(21)22)13(20)18-10-4-2-1-3-5-10;9-8(10,11)5-3-4(7(13)14)1-2-6(5)12(15)16/h1-8H,(H,18,20);1-3H,(H,13,14). The maximum atomic E-state index is 12.8. The normalized spacial score (nSPS) is 11.1. The van der Waals surface area contributed by atoms with Gasteiger partial charge in [0.05, 0.1) is 15.4 Å². The summed E-state index contributed by atoms with van der Waals surface area (Å²) in [5.41, 5.74) is -5.86. The van der Waals surface area contributed by atoms with Crippen LogP contribution in [0.5, 0.6) is 0 Å². The average Bonchev–Trinajstić information content (AvgIpc) is 2.83. The number of nitro benzene ring substituents is 2. The van der Waals surface area contributed by atoms with Crippen LogP contribution in [0.15, 0.2) is 66.7 Å². The van der Waals surface area contributed by atoms with Gasteiger partial charge in [0, 0.05) is 23.4 Å². The Morgan fingerprint density at radius 2 is 1.13 bits per heavy atom. The minimum absolute atomic E-state index is 0.237. The van der Waals surface area contributed by atoms with Gasteiger partial charge < -0.3 is 10.4 Å². The molecule has 2 N–H and O–H groups in total. The van der Waals surface area contributed by atoms with Gasteiger partial charge in [-0.3, -0.25) is 25.0 Å². The van der Waals surface area contributed by atoms with Crippen molar-refractivity contribution in [1.82, 2.24) is 0 Å². The molecule has 3 aromatic carbocycles. The van der Waals surface area contributed by atoms with Gasteiger partial charge in [0.25, 0.3) is 17.3 Å². The number of carbonyl (C=O) groups is 2. The van der Waals surface area contributed by atoms with Crippen molar-refractivity contribution in [3.63, 3.8) is 0 Å². The number of rotatable bonds is 5. The number of aromatic carboxylic acids is 1. The van der Waals surface area contributed by atoms with Crippen LogP contribution in [0.25, 0.3) is 0 Å². The van der Waals surface area contributed by atoms with Crippen LogP contribution in [0.4, 0.5) is 43.4 Å². The van der Waals surface area contributed by atoms with Gasteiger partial charge >= 0.3 is 18.3 Å². The lowest BCUT2D eigenvalue weighted by atomic mass is 10.1. The highest BCUT2D eigenvalue weighted by atomic mass is 19.4. The van der Waals surface area contributed by atoms with Crippen LogP contribution < -0.4 is 5.32 Å². The van der Waals surface area contributed by atoms with Gasteiger partial charge in [-0.05, 0) is 36.4 Å². The van der Waals surface area contributed by atoms with Crippen LogP contribution in [-0.4, -0.2) is 26.8 Å². The highest BCUT2D eigenvalue weighted by Crippen LogP contribution is 2.37. The van der Waals surface area contributed by atoms with Gasteiger partial charge in [-0.1, -0.05) is 18.2 Å². The molecule has 10 nitrogen and oxygen atoms in total. The summed E-state index contributed by atoms with van der Waals surface area (Å²) >= 11 is 0. The van der Waals surface area contributed by atoms with Gasteiger partial charge in [0.1, 0.15) is 11.1 Å². The zero-order valence-corrected chi connectivity index (χ0v) is 18.4. The number of nitrogens with zero attached hydrogens (tertiary/aromatic N) is 2. The lowest BCUT2D eigenvalue weighted by Crippen LogP contribution is -2.15. The van der Waals surface area contributed by atoms with E-state index in [2.05, 4.69) is 5.32 Å². The van der Waals surface area contributed by atoms with Gasteiger partial charge in [0.2, 0.25) is 0 Å². The van der Waals surface area contributed by atoms with E-state index in [9.17, 15) is 56.2 Å². The topological polar surface area (TPSA) is 153 Å². The number of halogens is 6. The van der Waals surface area contributed by atoms with E-state index in [1.54, 1.807) is 30.3 Å². The number of anilines is 1. The van der Waals surface area contributed by atoms with Crippen molar-refractivity contribution in [2.24, 2.45) is 0 Å². The highest BCUT2D eigenvalue weighted by Gasteiger charge is 2.39. The molecule has 0 bridgehead atoms. The van der Waals surface area contributed by atoms with Crippen molar-refractivity contribution >= 4 is 28.9 Å². The van der Waals surface area contributed by atoms with Crippen molar-refractivity contribution in [3.8, 4) is 0 Å². The van der Waals surface area contributed by atoms with E-state index in [-0.39, 0.29) is 11.6 Å². The summed E-state index contributed by atoms with van der Waals surface area (Å²) in [4.78, 5) is 41.0. The fourth-order valence-electron chi connectivity index (χ4n) is 2.84. The minimum Gasteiger partial charge on any atom is -0.478 e. The monoisotopic (exact) mass is 545 g/mol. The largest absolute Gasteiger partial charge is 0.478 e. The third kappa shape index (κ3) is 7.49. The molecule has 0 aromatic heterocycles. The third-order valence-corrected chi connectivity index (χ3v) is 4.54. The minimum atomic E-state index is -4.96. The SMILES string of the molecule is O=C(Nc1ccccc1)c1ccc([N+](=O)[O-])c(C(F)(F)F)c1.O=C(O)c1ccc([N+](=O)[O-])c(C(F)(F)F)c1. The molecule has 0 radical (unpaired) electrons. The lowest BCUT2D eigenvalue weighted by molar-refractivity contribution is -0.388. The summed E-state index contributed by atoms with van der Waals surface area (Å²) in [6, 6.07) is 11.7. The molecular weight excluding hydrogens is 532 g/mol. The number of amides is 1. The Balaban J connectivity index is 0.000000281. The number of alkyl halides is 6. The molecule has 3 rings (SSSR count). The molecule has 0 aliphatic rings. The van der Waals surface area contributed by atoms with Crippen molar-refractivity contribution in [1.29, 1.82) is 0 Å². The summed E-state index contributed by atoms with van der Waals surface area (Å²) < 4.78 is 75.6. The molecule has 0 aliphatic heterocycles. The van der Waals surface area contributed by atoms with Crippen LogP contribution in [-0.2, 0) is 12.4 Å². The van der Waals surface area contributed by atoms with Crippen molar-refractivity contribution in [2.45, 2.75) is 12.4 Å². The third-order valence-electron chi connectivity index (χ3n) is 4.54. The molecule has 0 heterocycles. The molecule has 1 amide bonds. The molecule has 200 valence electrons. The number of carboxylic acid groups (broad SMARTS) is 1. The fourth-order valence-corrected chi connectivity index (χ4v) is 2.84. The Morgan fingerprint density at radius 3 is 1.53 bits per heavy atom. The van der Waals surface area contributed by atoms with Gasteiger partial charge in [-0.25, -0.2) is 4.79 Å². The Bertz CT molecular complexity index is 1380. The second-order valence-electron chi connectivity index (χ2n) is 7.10. The molecule has 3 aromatic rings. The molecular formula is C22H13F6N3O7. The average molecular weight is 545 g/mol. The predicted octanol–water partition coefficient (Wildman–Crippen LogP) is 6.18. The second-order valence-corrected chi connectivity index (χ2v) is 7.10. The first-order chi connectivity index (χ1) is 17.5. The van der Waals surface area contributed by atoms with Crippen LogP contribution in [0, 0.1) is 20.2 Å². The van der Waals surface area contributed by atoms with Crippen molar-refractivity contribution in [2.75, 3.05) is 5.32 Å². The Hall–Kier alpha value is -5.02. The molecule has 0 saturated heterocycles.